The third-order valence-electron chi connectivity index (χ3n) is 3.58. The summed E-state index contributed by atoms with van der Waals surface area (Å²) in [6.07, 6.45) is 3.13. The number of carbonyl (C=O) groups is 2. The zero-order valence-electron chi connectivity index (χ0n) is 14.0. The minimum absolute atomic E-state index is 0.0149. The summed E-state index contributed by atoms with van der Waals surface area (Å²) in [5, 5.41) is 0.164. The number of carbonyl (C=O) groups excluding carboxylic acids is 2. The molecule has 25 heavy (non-hydrogen) atoms. The summed E-state index contributed by atoms with van der Waals surface area (Å²) in [4.78, 5) is 27.3. The molecule has 2 rings (SSSR count). The van der Waals surface area contributed by atoms with E-state index in [0.29, 0.717) is 28.1 Å². The maximum atomic E-state index is 12.4. The number of rotatable bonds is 5. The molecule has 1 aromatic rings. The molecule has 0 aliphatic carbocycles. The first-order chi connectivity index (χ1) is 11.8. The Balaban J connectivity index is 2.49. The van der Waals surface area contributed by atoms with Crippen molar-refractivity contribution < 1.29 is 19.1 Å². The van der Waals surface area contributed by atoms with Gasteiger partial charge in [-0.3, -0.25) is 19.4 Å². The van der Waals surface area contributed by atoms with Crippen LogP contribution in [0.4, 0.5) is 0 Å². The van der Waals surface area contributed by atoms with Crippen molar-refractivity contribution in [3.63, 3.8) is 0 Å². The second kappa shape index (κ2) is 7.79. The smallest absolute Gasteiger partial charge is 0.265 e. The summed E-state index contributed by atoms with van der Waals surface area (Å²) in [7, 11) is 4.57. The molecule has 0 unspecified atom stereocenters. The number of thiocarbonyl (C=S) groups is 1. The van der Waals surface area contributed by atoms with Crippen molar-refractivity contribution in [2.45, 2.75) is 0 Å². The highest BCUT2D eigenvalue weighted by Gasteiger charge is 2.35. The number of amides is 2. The van der Waals surface area contributed by atoms with E-state index in [4.69, 9.17) is 21.7 Å². The Hall–Kier alpha value is -2.19. The monoisotopic (exact) mass is 424 g/mol. The highest BCUT2D eigenvalue weighted by Crippen LogP contribution is 2.35. The van der Waals surface area contributed by atoms with Crippen LogP contribution in [0.3, 0.4) is 0 Å². The number of hydrogen-bond donors (Lipinski definition) is 0. The second-order valence-corrected chi connectivity index (χ2v) is 6.41. The van der Waals surface area contributed by atoms with E-state index in [2.05, 4.69) is 22.5 Å². The Kier molecular flexibility index (Phi) is 5.97. The third-order valence-corrected chi connectivity index (χ3v) is 4.82. The Morgan fingerprint density at radius 1 is 1.20 bits per heavy atom. The lowest BCUT2D eigenvalue weighted by molar-refractivity contribution is -0.132. The SMILES string of the molecule is C=CCOc1cc(Br)c(C=C2C(=O)N(C)C(=S)N(C)C2=O)cc1OC. The largest absolute Gasteiger partial charge is 0.493 e. The minimum Gasteiger partial charge on any atom is -0.493 e. The van der Waals surface area contributed by atoms with Crippen LogP contribution in [0.1, 0.15) is 5.56 Å². The standard InChI is InChI=1S/C17H17BrN2O4S/c1-5-6-24-14-9-12(18)10(8-13(14)23-4)7-11-15(21)19(2)17(25)20(3)16(11)22/h5,7-9H,1,6H2,2-4H3. The molecular weight excluding hydrogens is 408 g/mol. The Bertz CT molecular complexity index is 765. The maximum Gasteiger partial charge on any atom is 0.265 e. The van der Waals surface area contributed by atoms with Gasteiger partial charge in [-0.1, -0.05) is 28.6 Å². The first-order valence-corrected chi connectivity index (χ1v) is 8.45. The molecule has 1 fully saturated rings. The zero-order valence-corrected chi connectivity index (χ0v) is 16.4. The quantitative estimate of drug-likeness (QED) is 0.314. The number of methoxy groups -OCH3 is 1. The van der Waals surface area contributed by atoms with Gasteiger partial charge in [0.1, 0.15) is 12.2 Å². The third kappa shape index (κ3) is 3.74. The molecule has 1 saturated heterocycles. The fourth-order valence-corrected chi connectivity index (χ4v) is 2.82. The van der Waals surface area contributed by atoms with Crippen molar-refractivity contribution in [3.05, 3.63) is 40.4 Å². The summed E-state index contributed by atoms with van der Waals surface area (Å²) in [5.74, 6) is 0.0925. The van der Waals surface area contributed by atoms with Gasteiger partial charge in [-0.2, -0.15) is 0 Å². The highest BCUT2D eigenvalue weighted by molar-refractivity contribution is 9.10. The summed E-state index contributed by atoms with van der Waals surface area (Å²) in [6, 6.07) is 3.40. The van der Waals surface area contributed by atoms with E-state index in [1.54, 1.807) is 18.2 Å². The average molecular weight is 425 g/mol. The number of benzene rings is 1. The zero-order chi connectivity index (χ0) is 18.7. The van der Waals surface area contributed by atoms with E-state index in [-0.39, 0.29) is 10.7 Å². The highest BCUT2D eigenvalue weighted by atomic mass is 79.9. The molecule has 0 saturated carbocycles. The molecule has 0 bridgehead atoms. The van der Waals surface area contributed by atoms with Gasteiger partial charge in [-0.05, 0) is 36.0 Å². The summed E-state index contributed by atoms with van der Waals surface area (Å²) in [6.45, 7) is 3.93. The van der Waals surface area contributed by atoms with Gasteiger partial charge >= 0.3 is 0 Å². The molecule has 1 heterocycles. The van der Waals surface area contributed by atoms with Gasteiger partial charge in [-0.15, -0.1) is 0 Å². The number of ether oxygens (including phenoxy) is 2. The fraction of sp³-hybridized carbons (Fsp3) is 0.235. The molecule has 8 heteroatoms. The molecule has 0 aromatic heterocycles. The van der Waals surface area contributed by atoms with Gasteiger partial charge in [-0.25, -0.2) is 0 Å². The lowest BCUT2D eigenvalue weighted by atomic mass is 10.1. The van der Waals surface area contributed by atoms with Crippen LogP contribution in [0.15, 0.2) is 34.8 Å². The van der Waals surface area contributed by atoms with Crippen molar-refractivity contribution in [3.8, 4) is 11.5 Å². The first kappa shape index (κ1) is 19.1. The van der Waals surface area contributed by atoms with E-state index in [0.717, 1.165) is 0 Å². The van der Waals surface area contributed by atoms with E-state index in [1.807, 2.05) is 0 Å². The van der Waals surface area contributed by atoms with Gasteiger partial charge in [0.05, 0.1) is 7.11 Å². The lowest BCUT2D eigenvalue weighted by Gasteiger charge is -2.31. The number of hydrogen-bond acceptors (Lipinski definition) is 5. The number of nitrogens with zero attached hydrogens (tertiary/aromatic N) is 2. The molecule has 0 spiro atoms. The summed E-state index contributed by atoms with van der Waals surface area (Å²) in [5.41, 5.74) is 0.621. The van der Waals surface area contributed by atoms with Gasteiger partial charge in [0.15, 0.2) is 16.6 Å². The van der Waals surface area contributed by atoms with Crippen molar-refractivity contribution in [1.29, 1.82) is 0 Å². The van der Waals surface area contributed by atoms with Crippen LogP contribution < -0.4 is 9.47 Å². The topological polar surface area (TPSA) is 59.1 Å². The van der Waals surface area contributed by atoms with E-state index in [1.165, 1.54) is 37.1 Å². The van der Waals surface area contributed by atoms with Gasteiger partial charge in [0.25, 0.3) is 11.8 Å². The van der Waals surface area contributed by atoms with Crippen molar-refractivity contribution in [2.24, 2.45) is 0 Å². The van der Waals surface area contributed by atoms with Crippen LogP contribution in [0.5, 0.6) is 11.5 Å². The Labute approximate surface area is 159 Å². The molecule has 1 aromatic carbocycles. The van der Waals surface area contributed by atoms with Crippen molar-refractivity contribution >= 4 is 51.2 Å². The predicted octanol–water partition coefficient (Wildman–Crippen LogP) is 2.62. The first-order valence-electron chi connectivity index (χ1n) is 7.24. The molecular formula is C17H17BrN2O4S. The van der Waals surface area contributed by atoms with Crippen LogP contribution in [0.2, 0.25) is 0 Å². The molecule has 6 nitrogen and oxygen atoms in total. The normalized spacial score (nSPS) is 14.7. The molecule has 132 valence electrons. The molecule has 2 amide bonds. The molecule has 0 atom stereocenters. The van der Waals surface area contributed by atoms with E-state index in [9.17, 15) is 9.59 Å². The molecule has 1 aliphatic heterocycles. The molecule has 1 aliphatic rings. The maximum absolute atomic E-state index is 12.4. The van der Waals surface area contributed by atoms with Crippen LogP contribution >= 0.6 is 28.1 Å². The van der Waals surface area contributed by atoms with E-state index < -0.39 is 11.8 Å². The van der Waals surface area contributed by atoms with Crippen molar-refractivity contribution in [2.75, 3.05) is 27.8 Å². The van der Waals surface area contributed by atoms with Crippen LogP contribution in [0.25, 0.3) is 6.08 Å². The Morgan fingerprint density at radius 2 is 1.80 bits per heavy atom. The summed E-state index contributed by atoms with van der Waals surface area (Å²) < 4.78 is 11.5. The number of halogens is 1. The fourth-order valence-electron chi connectivity index (χ4n) is 2.21. The molecule has 0 N–H and O–H groups in total. The summed E-state index contributed by atoms with van der Waals surface area (Å²) >= 11 is 8.50. The van der Waals surface area contributed by atoms with E-state index >= 15 is 0 Å². The minimum atomic E-state index is -0.453. The van der Waals surface area contributed by atoms with Crippen LogP contribution in [0, 0.1) is 0 Å². The average Bonchev–Trinajstić information content (AvgIpc) is 2.61. The van der Waals surface area contributed by atoms with Crippen LogP contribution in [-0.4, -0.2) is 54.5 Å². The van der Waals surface area contributed by atoms with Gasteiger partial charge in [0.2, 0.25) is 0 Å². The lowest BCUT2D eigenvalue weighted by Crippen LogP contribution is -2.52. The van der Waals surface area contributed by atoms with Crippen molar-refractivity contribution in [1.82, 2.24) is 9.80 Å². The Morgan fingerprint density at radius 3 is 2.32 bits per heavy atom. The van der Waals surface area contributed by atoms with Crippen LogP contribution in [-0.2, 0) is 9.59 Å². The number of likely N-dealkylation sites (N-methyl/N-ethyl adjacent to an activating group) is 2. The molecule has 0 radical (unpaired) electrons. The predicted molar refractivity (Wildman–Crippen MR) is 103 cm³/mol. The second-order valence-electron chi connectivity index (χ2n) is 5.19. The van der Waals surface area contributed by atoms with Gasteiger partial charge in [0, 0.05) is 18.6 Å². The van der Waals surface area contributed by atoms with Gasteiger partial charge < -0.3 is 9.47 Å².